The van der Waals surface area contributed by atoms with Crippen LogP contribution in [0, 0.1) is 11.7 Å². The van der Waals surface area contributed by atoms with Crippen LogP contribution in [0.25, 0.3) is 33.0 Å². The number of halogens is 1. The van der Waals surface area contributed by atoms with Crippen molar-refractivity contribution in [3.05, 3.63) is 60.4 Å². The molecule has 308 valence electrons. The summed E-state index contributed by atoms with van der Waals surface area (Å²) in [7, 11) is -5.57. The topological polar surface area (TPSA) is 203 Å². The van der Waals surface area contributed by atoms with Gasteiger partial charge in [0.15, 0.2) is 11.3 Å². The van der Waals surface area contributed by atoms with Crippen LogP contribution >= 0.6 is 0 Å². The minimum Gasteiger partial charge on any atom is -0.484 e. The van der Waals surface area contributed by atoms with E-state index in [-0.39, 0.29) is 47.6 Å². The Balaban J connectivity index is 1.17. The molecule has 18 heteroatoms. The van der Waals surface area contributed by atoms with E-state index in [0.29, 0.717) is 47.7 Å². The first-order valence-corrected chi connectivity index (χ1v) is 22.3. The van der Waals surface area contributed by atoms with Crippen LogP contribution < -0.4 is 20.1 Å². The number of sulfonamides is 1. The number of hydrogen-bond acceptors (Lipinski definition) is 11. The van der Waals surface area contributed by atoms with E-state index in [2.05, 4.69) is 15.4 Å². The highest BCUT2D eigenvalue weighted by Gasteiger charge is 2.62. The molecule has 4 amide bonds. The van der Waals surface area contributed by atoms with Crippen molar-refractivity contribution < 1.29 is 50.1 Å². The lowest BCUT2D eigenvalue weighted by Crippen LogP contribution is -2.59. The molecule has 2 aromatic heterocycles. The van der Waals surface area contributed by atoms with Gasteiger partial charge in [-0.25, -0.2) is 22.6 Å². The number of allylic oxidation sites excluding steroid dienone is 1. The lowest BCUT2D eigenvalue weighted by Gasteiger charge is -2.30. The van der Waals surface area contributed by atoms with Crippen LogP contribution in [0.5, 0.6) is 5.75 Å². The largest absolute Gasteiger partial charge is 0.484 e. The molecule has 0 bridgehead atoms. The SMILES string of the molecule is CC(C)(C)OC(=O)N[C@H]1CS(=O)CCC/C=C\[C@@H]2C[C@@]2(C(=O)NS(=O)(=O)C2CC2)NC(=O)[C@@H]2C[C@@H](Oc3c4cc(F)ccc4nc4c3oc3ccccc34)CN2C1=O. The van der Waals surface area contributed by atoms with Gasteiger partial charge in [-0.2, -0.15) is 0 Å². The van der Waals surface area contributed by atoms with Gasteiger partial charge in [0.05, 0.1) is 23.1 Å². The number of para-hydroxylation sites is 1. The molecule has 3 N–H and O–H groups in total. The van der Waals surface area contributed by atoms with Crippen molar-refractivity contribution in [1.82, 2.24) is 25.2 Å². The molecule has 2 aliphatic heterocycles. The zero-order valence-electron chi connectivity index (χ0n) is 32.1. The molecule has 4 heterocycles. The monoisotopic (exact) mass is 837 g/mol. The van der Waals surface area contributed by atoms with Gasteiger partial charge in [-0.1, -0.05) is 24.3 Å². The Hall–Kier alpha value is -5.10. The van der Waals surface area contributed by atoms with E-state index in [1.165, 1.54) is 23.1 Å². The Labute approximate surface area is 335 Å². The number of amides is 4. The summed E-state index contributed by atoms with van der Waals surface area (Å²) in [4.78, 5) is 62.0. The Morgan fingerprint density at radius 2 is 1.90 bits per heavy atom. The Morgan fingerprint density at radius 1 is 1.12 bits per heavy atom. The molecule has 58 heavy (non-hydrogen) atoms. The first kappa shape index (κ1) is 39.7. The maximum absolute atomic E-state index is 14.8. The summed E-state index contributed by atoms with van der Waals surface area (Å²) in [5.41, 5.74) is -0.964. The highest BCUT2D eigenvalue weighted by molar-refractivity contribution is 7.91. The van der Waals surface area contributed by atoms with Gasteiger partial charge in [0.1, 0.15) is 46.2 Å². The quantitative estimate of drug-likeness (QED) is 0.236. The molecule has 2 aliphatic carbocycles. The summed E-state index contributed by atoms with van der Waals surface area (Å²) < 4.78 is 74.5. The first-order chi connectivity index (χ1) is 27.5. The number of hydrogen-bond donors (Lipinski definition) is 3. The number of ether oxygens (including phenoxy) is 2. The number of nitrogens with one attached hydrogen (secondary N) is 3. The van der Waals surface area contributed by atoms with E-state index in [1.54, 1.807) is 45.1 Å². The number of fused-ring (bicyclic) bond motifs is 6. The Morgan fingerprint density at radius 3 is 2.66 bits per heavy atom. The molecule has 3 fully saturated rings. The fourth-order valence-electron chi connectivity index (χ4n) is 7.67. The smallest absolute Gasteiger partial charge is 0.408 e. The summed E-state index contributed by atoms with van der Waals surface area (Å²) in [5, 5.41) is 5.66. The van der Waals surface area contributed by atoms with Crippen molar-refractivity contribution in [3.8, 4) is 5.75 Å². The van der Waals surface area contributed by atoms with Crippen LogP contribution in [0.3, 0.4) is 0 Å². The molecule has 6 atom stereocenters. The second-order valence-corrected chi connectivity index (χ2v) is 20.0. The first-order valence-electron chi connectivity index (χ1n) is 19.3. The van der Waals surface area contributed by atoms with Gasteiger partial charge in [0.25, 0.3) is 5.91 Å². The molecular formula is C40H44FN5O10S2. The van der Waals surface area contributed by atoms with Crippen molar-refractivity contribution in [2.75, 3.05) is 18.1 Å². The zero-order chi connectivity index (χ0) is 41.1. The van der Waals surface area contributed by atoms with Gasteiger partial charge < -0.3 is 29.4 Å². The summed E-state index contributed by atoms with van der Waals surface area (Å²) >= 11 is 0. The minimum absolute atomic E-state index is 0.106. The molecule has 2 aromatic carbocycles. The number of carbonyl (C=O) groups excluding carboxylic acids is 4. The number of carbonyl (C=O) groups is 4. The van der Waals surface area contributed by atoms with E-state index in [4.69, 9.17) is 18.9 Å². The second-order valence-electron chi connectivity index (χ2n) is 16.4. The lowest BCUT2D eigenvalue weighted by atomic mass is 10.1. The molecule has 4 aromatic rings. The van der Waals surface area contributed by atoms with E-state index < -0.39 is 91.0 Å². The highest BCUT2D eigenvalue weighted by Crippen LogP contribution is 2.46. The molecule has 1 saturated heterocycles. The van der Waals surface area contributed by atoms with Crippen LogP contribution in [0.1, 0.15) is 59.3 Å². The predicted molar refractivity (Wildman–Crippen MR) is 212 cm³/mol. The van der Waals surface area contributed by atoms with Crippen molar-refractivity contribution in [1.29, 1.82) is 0 Å². The molecule has 8 rings (SSSR count). The maximum Gasteiger partial charge on any atom is 0.408 e. The Kier molecular flexibility index (Phi) is 10.2. The molecule has 2 saturated carbocycles. The number of benzene rings is 2. The van der Waals surface area contributed by atoms with Gasteiger partial charge >= 0.3 is 6.09 Å². The van der Waals surface area contributed by atoms with Gasteiger partial charge in [-0.15, -0.1) is 0 Å². The second kappa shape index (κ2) is 14.9. The number of nitrogens with zero attached hydrogens (tertiary/aromatic N) is 2. The van der Waals surface area contributed by atoms with Crippen LogP contribution in [-0.2, 0) is 39.9 Å². The fraction of sp³-hybridized carbons (Fsp3) is 0.475. The molecule has 0 spiro atoms. The molecular weight excluding hydrogens is 794 g/mol. The summed E-state index contributed by atoms with van der Waals surface area (Å²) in [5.74, 6) is -3.47. The normalized spacial score (nSPS) is 27.5. The maximum atomic E-state index is 14.8. The third-order valence-corrected chi connectivity index (χ3v) is 14.0. The van der Waals surface area contributed by atoms with Gasteiger partial charge in [-0.3, -0.25) is 23.3 Å². The van der Waals surface area contributed by atoms with Crippen LogP contribution in [0.15, 0.2) is 59.0 Å². The fourth-order valence-corrected chi connectivity index (χ4v) is 10.3. The van der Waals surface area contributed by atoms with E-state index in [0.717, 1.165) is 0 Å². The minimum atomic E-state index is -3.97. The van der Waals surface area contributed by atoms with Crippen molar-refractivity contribution in [3.63, 3.8) is 0 Å². The van der Waals surface area contributed by atoms with Crippen molar-refractivity contribution in [2.45, 2.75) is 93.9 Å². The molecule has 0 radical (unpaired) electrons. The number of aromatic nitrogens is 1. The number of pyridine rings is 1. The van der Waals surface area contributed by atoms with Gasteiger partial charge in [0.2, 0.25) is 21.8 Å². The third-order valence-electron chi connectivity index (χ3n) is 10.8. The third kappa shape index (κ3) is 8.00. The van der Waals surface area contributed by atoms with E-state index >= 15 is 0 Å². The molecule has 15 nitrogen and oxygen atoms in total. The predicted octanol–water partition coefficient (Wildman–Crippen LogP) is 4.10. The molecule has 4 aliphatic rings. The number of rotatable bonds is 6. The standard InChI is InChI=1S/C40H44FN5O10S2/c1-39(2,3)56-38(50)43-29-21-57(51)16-8-4-5-9-22-19-40(22,37(49)45-58(52,53)25-13-14-25)44-35(47)30-18-24(20-46(30)36(29)48)54-33-27-17-23(41)12-15-28(27)42-32-26-10-6-7-11-31(26)55-34(32)33/h5-7,9-12,15,17,22,24-25,29-30H,4,8,13-14,16,18-21H2,1-3H3,(H,43,50)(H,44,47)(H,45,49)/b9-5-/t22-,24-,29+,30+,40-,57?/m1/s1. The summed E-state index contributed by atoms with van der Waals surface area (Å²) in [6, 6.07) is 8.53. The van der Waals surface area contributed by atoms with E-state index in [1.807, 2.05) is 12.1 Å². The highest BCUT2D eigenvalue weighted by atomic mass is 32.2. The Bertz CT molecular complexity index is 2520. The average Bonchev–Trinajstić information content (AvgIpc) is 4.05. The van der Waals surface area contributed by atoms with Gasteiger partial charge in [0, 0.05) is 39.7 Å². The van der Waals surface area contributed by atoms with Crippen LogP contribution in [-0.4, -0.2) is 99.0 Å². The van der Waals surface area contributed by atoms with Gasteiger partial charge in [-0.05, 0) is 83.2 Å². The van der Waals surface area contributed by atoms with E-state index in [9.17, 15) is 36.2 Å². The summed E-state index contributed by atoms with van der Waals surface area (Å²) in [6.07, 6.45) is 3.40. The zero-order valence-corrected chi connectivity index (χ0v) is 33.8. The number of furan rings is 1. The molecule has 1 unspecified atom stereocenters. The van der Waals surface area contributed by atoms with Crippen LogP contribution in [0.4, 0.5) is 9.18 Å². The lowest BCUT2D eigenvalue weighted by molar-refractivity contribution is -0.140. The average molecular weight is 838 g/mol. The van der Waals surface area contributed by atoms with Crippen LogP contribution in [0.2, 0.25) is 0 Å². The van der Waals surface area contributed by atoms with Crippen molar-refractivity contribution >= 4 is 77.6 Å². The summed E-state index contributed by atoms with van der Waals surface area (Å²) in [6.45, 7) is 4.73. The van der Waals surface area contributed by atoms with Crippen molar-refractivity contribution in [2.24, 2.45) is 5.92 Å². The number of alkyl carbamates (subject to hydrolysis) is 1.